The lowest BCUT2D eigenvalue weighted by atomic mass is 10.0. The summed E-state index contributed by atoms with van der Waals surface area (Å²) in [6.45, 7) is 4.67. The first-order valence-corrected chi connectivity index (χ1v) is 7.10. The Morgan fingerprint density at radius 3 is 3.06 bits per heavy atom. The molecule has 2 atom stereocenters. The van der Waals surface area contributed by atoms with Crippen molar-refractivity contribution in [1.29, 1.82) is 0 Å². The molecule has 0 bridgehead atoms. The number of nitrogens with one attached hydrogen (secondary N) is 1. The second kappa shape index (κ2) is 6.85. The number of aromatic nitrogens is 3. The summed E-state index contributed by atoms with van der Waals surface area (Å²) in [5.74, 6) is 0.902. The average Bonchev–Trinajstić information content (AvgIpc) is 2.73. The average molecular weight is 251 g/mol. The molecule has 1 fully saturated rings. The summed E-state index contributed by atoms with van der Waals surface area (Å²) < 4.78 is 1.87. The van der Waals surface area contributed by atoms with Gasteiger partial charge < -0.3 is 11.1 Å². The Hall–Kier alpha value is -0.940. The second-order valence-corrected chi connectivity index (χ2v) is 5.44. The Morgan fingerprint density at radius 2 is 2.28 bits per heavy atom. The van der Waals surface area contributed by atoms with Crippen LogP contribution >= 0.6 is 0 Å². The smallest absolute Gasteiger partial charge is 0.0962 e. The van der Waals surface area contributed by atoms with Crippen LogP contribution in [0.25, 0.3) is 0 Å². The van der Waals surface area contributed by atoms with Gasteiger partial charge in [0.25, 0.3) is 0 Å². The summed E-state index contributed by atoms with van der Waals surface area (Å²) in [6, 6.07) is 0.687. The van der Waals surface area contributed by atoms with Crippen molar-refractivity contribution in [2.24, 2.45) is 11.7 Å². The number of nitrogens with two attached hydrogens (primary N) is 1. The van der Waals surface area contributed by atoms with Crippen LogP contribution in [0.5, 0.6) is 0 Å². The predicted octanol–water partition coefficient (Wildman–Crippen LogP) is 1.30. The number of hydrogen-bond donors (Lipinski definition) is 2. The van der Waals surface area contributed by atoms with Gasteiger partial charge in [0.1, 0.15) is 0 Å². The van der Waals surface area contributed by atoms with Crippen molar-refractivity contribution in [1.82, 2.24) is 20.3 Å². The van der Waals surface area contributed by atoms with Crippen LogP contribution in [0.2, 0.25) is 0 Å². The highest BCUT2D eigenvalue weighted by Crippen LogP contribution is 2.22. The van der Waals surface area contributed by atoms with Crippen LogP contribution in [0.3, 0.4) is 0 Å². The molecule has 0 radical (unpaired) electrons. The van der Waals surface area contributed by atoms with E-state index in [9.17, 15) is 0 Å². The van der Waals surface area contributed by atoms with Gasteiger partial charge in [0, 0.05) is 25.3 Å². The van der Waals surface area contributed by atoms with E-state index in [-0.39, 0.29) is 0 Å². The van der Waals surface area contributed by atoms with E-state index in [1.807, 2.05) is 10.9 Å². The first kappa shape index (κ1) is 13.5. The molecule has 0 amide bonds. The Morgan fingerprint density at radius 1 is 1.39 bits per heavy atom. The minimum absolute atomic E-state index is 0.466. The fraction of sp³-hybridized carbons (Fsp3) is 0.846. The highest BCUT2D eigenvalue weighted by molar-refractivity contribution is 4.90. The van der Waals surface area contributed by atoms with Crippen molar-refractivity contribution in [3.05, 3.63) is 11.9 Å². The maximum atomic E-state index is 5.51. The van der Waals surface area contributed by atoms with E-state index in [2.05, 4.69) is 22.6 Å². The van der Waals surface area contributed by atoms with Crippen molar-refractivity contribution in [3.63, 3.8) is 0 Å². The predicted molar refractivity (Wildman–Crippen MR) is 72.0 cm³/mol. The van der Waals surface area contributed by atoms with Gasteiger partial charge in [-0.2, -0.15) is 0 Å². The van der Waals surface area contributed by atoms with Gasteiger partial charge in [0.2, 0.25) is 0 Å². The van der Waals surface area contributed by atoms with E-state index in [0.29, 0.717) is 12.6 Å². The molecule has 5 nitrogen and oxygen atoms in total. The van der Waals surface area contributed by atoms with Gasteiger partial charge in [0.05, 0.1) is 12.2 Å². The minimum atomic E-state index is 0.466. The first-order valence-electron chi connectivity index (χ1n) is 7.10. The Balaban J connectivity index is 1.68. The van der Waals surface area contributed by atoms with E-state index in [1.165, 1.54) is 32.1 Å². The van der Waals surface area contributed by atoms with Crippen molar-refractivity contribution >= 4 is 0 Å². The SMILES string of the molecule is CC1CCCC(NCCn2cc(CN)nn2)CC1. The van der Waals surface area contributed by atoms with Gasteiger partial charge in [-0.25, -0.2) is 0 Å². The molecular weight excluding hydrogens is 226 g/mol. The van der Waals surface area contributed by atoms with Gasteiger partial charge >= 0.3 is 0 Å². The molecule has 2 unspecified atom stereocenters. The Labute approximate surface area is 109 Å². The second-order valence-electron chi connectivity index (χ2n) is 5.44. The third-order valence-corrected chi connectivity index (χ3v) is 3.83. The summed E-state index contributed by atoms with van der Waals surface area (Å²) >= 11 is 0. The molecule has 1 aliphatic rings. The van der Waals surface area contributed by atoms with Crippen molar-refractivity contribution in [3.8, 4) is 0 Å². The minimum Gasteiger partial charge on any atom is -0.325 e. The van der Waals surface area contributed by atoms with Crippen LogP contribution in [0, 0.1) is 5.92 Å². The Kier molecular flexibility index (Phi) is 5.13. The molecule has 0 aromatic carbocycles. The largest absolute Gasteiger partial charge is 0.325 e. The summed E-state index contributed by atoms with van der Waals surface area (Å²) in [5.41, 5.74) is 6.37. The highest BCUT2D eigenvalue weighted by atomic mass is 15.4. The topological polar surface area (TPSA) is 68.8 Å². The quantitative estimate of drug-likeness (QED) is 0.774. The molecule has 1 saturated carbocycles. The van der Waals surface area contributed by atoms with Crippen LogP contribution in [-0.2, 0) is 13.1 Å². The first-order chi connectivity index (χ1) is 8.78. The van der Waals surface area contributed by atoms with Crippen molar-refractivity contribution < 1.29 is 0 Å². The molecular formula is C13H25N5. The molecule has 1 aromatic heterocycles. The third-order valence-electron chi connectivity index (χ3n) is 3.83. The lowest BCUT2D eigenvalue weighted by Crippen LogP contribution is -2.31. The molecule has 1 aliphatic carbocycles. The van der Waals surface area contributed by atoms with Crippen LogP contribution in [0.1, 0.15) is 44.7 Å². The summed E-state index contributed by atoms with van der Waals surface area (Å²) in [4.78, 5) is 0. The molecule has 5 heteroatoms. The van der Waals surface area contributed by atoms with E-state index in [1.54, 1.807) is 0 Å². The molecule has 0 spiro atoms. The van der Waals surface area contributed by atoms with Gasteiger partial charge in [-0.05, 0) is 25.2 Å². The van der Waals surface area contributed by atoms with Crippen molar-refractivity contribution in [2.45, 2.75) is 58.2 Å². The molecule has 0 saturated heterocycles. The molecule has 0 aliphatic heterocycles. The normalized spacial score (nSPS) is 25.0. The molecule has 2 rings (SSSR count). The van der Waals surface area contributed by atoms with Gasteiger partial charge in [0.15, 0.2) is 0 Å². The monoisotopic (exact) mass is 251 g/mol. The van der Waals surface area contributed by atoms with Gasteiger partial charge in [-0.15, -0.1) is 5.10 Å². The molecule has 3 N–H and O–H groups in total. The third kappa shape index (κ3) is 4.07. The zero-order chi connectivity index (χ0) is 12.8. The standard InChI is InChI=1S/C13H25N5/c1-11-3-2-4-12(6-5-11)15-7-8-18-10-13(9-14)16-17-18/h10-12,15H,2-9,14H2,1H3. The highest BCUT2D eigenvalue weighted by Gasteiger charge is 2.15. The lowest BCUT2D eigenvalue weighted by molar-refractivity contribution is 0.427. The molecule has 102 valence electrons. The lowest BCUT2D eigenvalue weighted by Gasteiger charge is -2.16. The summed E-state index contributed by atoms with van der Waals surface area (Å²) in [7, 11) is 0. The maximum absolute atomic E-state index is 5.51. The molecule has 1 aromatic rings. The van der Waals surface area contributed by atoms with E-state index >= 15 is 0 Å². The zero-order valence-corrected chi connectivity index (χ0v) is 11.3. The molecule has 1 heterocycles. The summed E-state index contributed by atoms with van der Waals surface area (Å²) in [5, 5.41) is 11.7. The summed E-state index contributed by atoms with van der Waals surface area (Å²) in [6.07, 6.45) is 8.66. The van der Waals surface area contributed by atoms with Crippen LogP contribution in [0.15, 0.2) is 6.20 Å². The van der Waals surface area contributed by atoms with Crippen LogP contribution in [-0.4, -0.2) is 27.6 Å². The zero-order valence-electron chi connectivity index (χ0n) is 11.3. The van der Waals surface area contributed by atoms with E-state index in [4.69, 9.17) is 5.73 Å². The number of rotatable bonds is 5. The fourth-order valence-corrected chi connectivity index (χ4v) is 2.62. The number of hydrogen-bond acceptors (Lipinski definition) is 4. The maximum Gasteiger partial charge on any atom is 0.0962 e. The Bertz CT molecular complexity index is 349. The van der Waals surface area contributed by atoms with E-state index < -0.39 is 0 Å². The van der Waals surface area contributed by atoms with Gasteiger partial charge in [-0.1, -0.05) is 25.0 Å². The fourth-order valence-electron chi connectivity index (χ4n) is 2.62. The van der Waals surface area contributed by atoms with Gasteiger partial charge in [-0.3, -0.25) is 4.68 Å². The van der Waals surface area contributed by atoms with Crippen LogP contribution < -0.4 is 11.1 Å². The van der Waals surface area contributed by atoms with Crippen molar-refractivity contribution in [2.75, 3.05) is 6.54 Å². The molecule has 18 heavy (non-hydrogen) atoms. The number of nitrogens with zero attached hydrogens (tertiary/aromatic N) is 3. The van der Waals surface area contributed by atoms with E-state index in [0.717, 1.165) is 24.7 Å². The van der Waals surface area contributed by atoms with Crippen LogP contribution in [0.4, 0.5) is 0 Å².